The molecule has 0 bridgehead atoms. The van der Waals surface area contributed by atoms with Crippen LogP contribution in [0.3, 0.4) is 0 Å². The minimum atomic E-state index is -0.425. The predicted molar refractivity (Wildman–Crippen MR) is 98.1 cm³/mol. The zero-order valence-corrected chi connectivity index (χ0v) is 14.9. The molecule has 0 spiro atoms. The summed E-state index contributed by atoms with van der Waals surface area (Å²) in [6.45, 7) is 3.16. The number of rotatable bonds is 4. The van der Waals surface area contributed by atoms with E-state index in [0.29, 0.717) is 35.7 Å². The van der Waals surface area contributed by atoms with Crippen LogP contribution in [0, 0.1) is 0 Å². The molecular formula is C18H22ClN3O3. The number of benzene rings is 1. The molecule has 2 aromatic rings. The molecule has 1 fully saturated rings. The van der Waals surface area contributed by atoms with Crippen molar-refractivity contribution in [3.63, 3.8) is 0 Å². The van der Waals surface area contributed by atoms with Gasteiger partial charge in [-0.3, -0.25) is 9.59 Å². The Kier molecular flexibility index (Phi) is 5.30. The third-order valence-electron chi connectivity index (χ3n) is 4.63. The number of amides is 1. The van der Waals surface area contributed by atoms with E-state index in [-0.39, 0.29) is 17.6 Å². The number of ether oxygens (including phenoxy) is 1. The zero-order valence-electron chi connectivity index (χ0n) is 14.1. The lowest BCUT2D eigenvalue weighted by Crippen LogP contribution is -2.48. The fourth-order valence-electron chi connectivity index (χ4n) is 3.06. The van der Waals surface area contributed by atoms with Gasteiger partial charge < -0.3 is 20.4 Å². The number of carbonyl (C=O) groups is 1. The first kappa shape index (κ1) is 17.8. The van der Waals surface area contributed by atoms with Gasteiger partial charge in [0.25, 0.3) is 5.56 Å². The van der Waals surface area contributed by atoms with E-state index < -0.39 is 6.04 Å². The Morgan fingerprint density at radius 1 is 1.44 bits per heavy atom. The number of pyridine rings is 1. The molecule has 1 aromatic heterocycles. The van der Waals surface area contributed by atoms with Crippen LogP contribution in [0.25, 0.3) is 10.8 Å². The van der Waals surface area contributed by atoms with Gasteiger partial charge in [0, 0.05) is 37.5 Å². The maximum Gasteiger partial charge on any atom is 0.255 e. The number of H-pyrrole nitrogens is 1. The Bertz CT molecular complexity index is 828. The Morgan fingerprint density at radius 2 is 2.16 bits per heavy atom. The molecule has 1 saturated heterocycles. The van der Waals surface area contributed by atoms with Crippen molar-refractivity contribution in [3.8, 4) is 5.75 Å². The highest BCUT2D eigenvalue weighted by Gasteiger charge is 2.26. The number of hydrogen-bond acceptors (Lipinski definition) is 4. The molecule has 1 atom stereocenters. The van der Waals surface area contributed by atoms with E-state index in [0.717, 1.165) is 18.2 Å². The second-order valence-electron chi connectivity index (χ2n) is 6.33. The van der Waals surface area contributed by atoms with Gasteiger partial charge in [0.2, 0.25) is 5.91 Å². The lowest BCUT2D eigenvalue weighted by atomic mass is 10.1. The first-order chi connectivity index (χ1) is 12.0. The summed E-state index contributed by atoms with van der Waals surface area (Å²) < 4.78 is 6.04. The van der Waals surface area contributed by atoms with Crippen LogP contribution in [-0.4, -0.2) is 41.0 Å². The molecule has 3 rings (SSSR count). The van der Waals surface area contributed by atoms with Crippen molar-refractivity contribution >= 4 is 28.3 Å². The molecule has 1 amide bonds. The van der Waals surface area contributed by atoms with E-state index in [2.05, 4.69) is 4.98 Å². The van der Waals surface area contributed by atoms with Crippen molar-refractivity contribution in [2.24, 2.45) is 5.73 Å². The predicted octanol–water partition coefficient (Wildman–Crippen LogP) is 2.29. The maximum atomic E-state index is 12.1. The molecule has 134 valence electrons. The first-order valence-electron chi connectivity index (χ1n) is 8.51. The van der Waals surface area contributed by atoms with E-state index >= 15 is 0 Å². The molecule has 1 unspecified atom stereocenters. The van der Waals surface area contributed by atoms with Crippen LogP contribution in [0.2, 0.25) is 5.02 Å². The second-order valence-corrected chi connectivity index (χ2v) is 6.74. The topological polar surface area (TPSA) is 88.4 Å². The van der Waals surface area contributed by atoms with Gasteiger partial charge in [0.1, 0.15) is 11.9 Å². The summed E-state index contributed by atoms with van der Waals surface area (Å²) in [7, 11) is 0. The van der Waals surface area contributed by atoms with Gasteiger partial charge in [0.05, 0.1) is 11.1 Å². The van der Waals surface area contributed by atoms with Gasteiger partial charge in [-0.1, -0.05) is 18.5 Å². The molecule has 1 aromatic carbocycles. The standard InChI is InChI=1S/C18H22ClN3O3/c1-2-15(20)18(24)22-7-4-12(5-8-22)25-16-9-11-3-6-21-17(23)13(11)10-14(16)19/h3,6,9-10,12,15H,2,4-5,7-8,20H2,1H3,(H,21,23). The van der Waals surface area contributed by atoms with Crippen LogP contribution in [0.5, 0.6) is 5.75 Å². The molecule has 2 heterocycles. The molecule has 7 heteroatoms. The van der Waals surface area contributed by atoms with E-state index in [1.807, 2.05) is 13.0 Å². The summed E-state index contributed by atoms with van der Waals surface area (Å²) in [6, 6.07) is 4.81. The van der Waals surface area contributed by atoms with Gasteiger partial charge in [-0.2, -0.15) is 0 Å². The Balaban J connectivity index is 1.68. The molecule has 0 saturated carbocycles. The number of fused-ring (bicyclic) bond motifs is 1. The SMILES string of the molecule is CCC(N)C(=O)N1CCC(Oc2cc3cc[nH]c(=O)c3cc2Cl)CC1. The molecule has 6 nitrogen and oxygen atoms in total. The fraction of sp³-hybridized carbons (Fsp3) is 0.444. The van der Waals surface area contributed by atoms with E-state index in [1.54, 1.807) is 23.2 Å². The zero-order chi connectivity index (χ0) is 18.0. The van der Waals surface area contributed by atoms with E-state index in [1.165, 1.54) is 0 Å². The van der Waals surface area contributed by atoms with Crippen LogP contribution in [0.15, 0.2) is 29.2 Å². The summed E-state index contributed by atoms with van der Waals surface area (Å²) in [5.74, 6) is 0.568. The molecule has 0 radical (unpaired) electrons. The molecule has 1 aliphatic rings. The number of nitrogens with zero attached hydrogens (tertiary/aromatic N) is 1. The van der Waals surface area contributed by atoms with Gasteiger partial charge in [-0.25, -0.2) is 0 Å². The molecule has 25 heavy (non-hydrogen) atoms. The highest BCUT2D eigenvalue weighted by Crippen LogP contribution is 2.31. The van der Waals surface area contributed by atoms with Crippen LogP contribution in [0.1, 0.15) is 26.2 Å². The lowest BCUT2D eigenvalue weighted by Gasteiger charge is -2.33. The van der Waals surface area contributed by atoms with Crippen molar-refractivity contribution in [1.82, 2.24) is 9.88 Å². The Labute approximate surface area is 150 Å². The van der Waals surface area contributed by atoms with Crippen LogP contribution in [-0.2, 0) is 4.79 Å². The molecule has 0 aliphatic carbocycles. The third kappa shape index (κ3) is 3.80. The van der Waals surface area contributed by atoms with Gasteiger partial charge in [-0.05, 0) is 30.0 Å². The average Bonchev–Trinajstić information content (AvgIpc) is 2.62. The number of likely N-dealkylation sites (tertiary alicyclic amines) is 1. The summed E-state index contributed by atoms with van der Waals surface area (Å²) in [6.07, 6.45) is 3.68. The smallest absolute Gasteiger partial charge is 0.255 e. The molecule has 3 N–H and O–H groups in total. The quantitative estimate of drug-likeness (QED) is 0.872. The highest BCUT2D eigenvalue weighted by atomic mass is 35.5. The summed E-state index contributed by atoms with van der Waals surface area (Å²) in [5, 5.41) is 1.73. The monoisotopic (exact) mass is 363 g/mol. The second kappa shape index (κ2) is 7.45. The lowest BCUT2D eigenvalue weighted by molar-refractivity contribution is -0.134. The van der Waals surface area contributed by atoms with Crippen molar-refractivity contribution in [1.29, 1.82) is 0 Å². The van der Waals surface area contributed by atoms with Crippen LogP contribution >= 0.6 is 11.6 Å². The number of piperidine rings is 1. The fourth-order valence-corrected chi connectivity index (χ4v) is 3.27. The number of carbonyl (C=O) groups excluding carboxylic acids is 1. The van der Waals surface area contributed by atoms with Crippen LogP contribution in [0.4, 0.5) is 0 Å². The van der Waals surface area contributed by atoms with Crippen molar-refractivity contribution in [3.05, 3.63) is 39.8 Å². The first-order valence-corrected chi connectivity index (χ1v) is 8.89. The van der Waals surface area contributed by atoms with E-state index in [4.69, 9.17) is 22.1 Å². The largest absolute Gasteiger partial charge is 0.489 e. The highest BCUT2D eigenvalue weighted by molar-refractivity contribution is 6.32. The van der Waals surface area contributed by atoms with E-state index in [9.17, 15) is 9.59 Å². The summed E-state index contributed by atoms with van der Waals surface area (Å²) in [4.78, 5) is 28.4. The molecular weight excluding hydrogens is 342 g/mol. The Hall–Kier alpha value is -2.05. The maximum absolute atomic E-state index is 12.1. The van der Waals surface area contributed by atoms with Gasteiger partial charge in [0.15, 0.2) is 0 Å². The number of aromatic amines is 1. The summed E-state index contributed by atoms with van der Waals surface area (Å²) >= 11 is 6.28. The number of nitrogens with one attached hydrogen (secondary N) is 1. The normalized spacial score (nSPS) is 16.8. The van der Waals surface area contributed by atoms with Crippen molar-refractivity contribution in [2.75, 3.05) is 13.1 Å². The number of hydrogen-bond donors (Lipinski definition) is 2. The van der Waals surface area contributed by atoms with Crippen molar-refractivity contribution < 1.29 is 9.53 Å². The number of halogens is 1. The number of aromatic nitrogens is 1. The molecule has 1 aliphatic heterocycles. The Morgan fingerprint density at radius 3 is 2.84 bits per heavy atom. The number of nitrogens with two attached hydrogens (primary N) is 1. The minimum absolute atomic E-state index is 0.00362. The average molecular weight is 364 g/mol. The van der Waals surface area contributed by atoms with Gasteiger partial charge >= 0.3 is 0 Å². The summed E-state index contributed by atoms with van der Waals surface area (Å²) in [5.41, 5.74) is 5.65. The minimum Gasteiger partial charge on any atom is -0.489 e. The van der Waals surface area contributed by atoms with Crippen molar-refractivity contribution in [2.45, 2.75) is 38.3 Å². The third-order valence-corrected chi connectivity index (χ3v) is 4.93. The van der Waals surface area contributed by atoms with Gasteiger partial charge in [-0.15, -0.1) is 0 Å². The van der Waals surface area contributed by atoms with Crippen LogP contribution < -0.4 is 16.0 Å².